The van der Waals surface area contributed by atoms with Gasteiger partial charge in [0.2, 0.25) is 0 Å². The van der Waals surface area contributed by atoms with Gasteiger partial charge in [-0.1, -0.05) is 105 Å². The Labute approximate surface area is 105 Å². The molecule has 1 aromatic rings. The first-order chi connectivity index (χ1) is 7.83. The quantitative estimate of drug-likeness (QED) is 0.469. The van der Waals surface area contributed by atoms with Crippen molar-refractivity contribution in [3.8, 4) is 0 Å². The maximum atomic E-state index is 2.12. The fourth-order valence-corrected chi connectivity index (χ4v) is 0.385. The maximum absolute atomic E-state index is 2.12. The summed E-state index contributed by atoms with van der Waals surface area (Å²) in [5.74, 6) is 0. The van der Waals surface area contributed by atoms with E-state index >= 15 is 0 Å². The second kappa shape index (κ2) is 47.7. The minimum Gasteiger partial charge on any atom is -0.0683 e. The Bertz CT molecular complexity index is 92.0. The van der Waals surface area contributed by atoms with Gasteiger partial charge in [0.25, 0.3) is 0 Å². The van der Waals surface area contributed by atoms with Crippen LogP contribution in [0.1, 0.15) is 68.2 Å². The summed E-state index contributed by atoms with van der Waals surface area (Å²) in [5, 5.41) is 0. The fourth-order valence-electron chi connectivity index (χ4n) is 0.385. The van der Waals surface area contributed by atoms with Crippen LogP contribution in [-0.2, 0) is 0 Å². The van der Waals surface area contributed by atoms with Crippen LogP contribution in [0.3, 0.4) is 0 Å². The fraction of sp³-hybridized carbons (Fsp3) is 0.625. The lowest BCUT2D eigenvalue weighted by Gasteiger charge is -1.69. The Morgan fingerprint density at radius 1 is 0.438 bits per heavy atom. The second-order valence-electron chi connectivity index (χ2n) is 2.57. The molecule has 0 heterocycles. The van der Waals surface area contributed by atoms with E-state index in [-0.39, 0.29) is 0 Å². The van der Waals surface area contributed by atoms with Crippen LogP contribution in [0.25, 0.3) is 0 Å². The molecule has 0 amide bonds. The molecule has 0 bridgehead atoms. The van der Waals surface area contributed by atoms with E-state index in [4.69, 9.17) is 0 Å². The van der Waals surface area contributed by atoms with Crippen molar-refractivity contribution in [1.82, 2.24) is 0 Å². The molecule has 0 unspecified atom stereocenters. The number of hydrogen-bond donors (Lipinski definition) is 0. The SMILES string of the molecule is CC.CC.CCC.CCC.c1ccccc1. The Kier molecular flexibility index (Phi) is 72.8. The molecule has 0 aliphatic carbocycles. The molecular weight excluding hydrogens is 192 g/mol. The lowest BCUT2D eigenvalue weighted by atomic mass is 10.4. The number of hydrogen-bond acceptors (Lipinski definition) is 0. The molecule has 0 nitrogen and oxygen atoms in total. The highest BCUT2D eigenvalue weighted by Crippen LogP contribution is 1.79. The first-order valence-corrected chi connectivity index (χ1v) is 6.83. The predicted molar refractivity (Wildman–Crippen MR) is 81.1 cm³/mol. The summed E-state index contributed by atoms with van der Waals surface area (Å²) in [5.41, 5.74) is 0. The molecule has 0 aromatic heterocycles. The summed E-state index contributed by atoms with van der Waals surface area (Å²) < 4.78 is 0. The molecule has 0 spiro atoms. The summed E-state index contributed by atoms with van der Waals surface area (Å²) >= 11 is 0. The normalized spacial score (nSPS) is 6.00. The Morgan fingerprint density at radius 2 is 0.500 bits per heavy atom. The molecule has 0 heteroatoms. The average Bonchev–Trinajstić information content (AvgIpc) is 2.38. The molecule has 0 N–H and O–H groups in total. The smallest absolute Gasteiger partial charge is 0.0590 e. The van der Waals surface area contributed by atoms with E-state index in [0.717, 1.165) is 0 Å². The van der Waals surface area contributed by atoms with Gasteiger partial charge in [-0.2, -0.15) is 0 Å². The molecule has 1 aromatic carbocycles. The molecule has 0 aliphatic rings. The Hall–Kier alpha value is -0.780. The zero-order valence-corrected chi connectivity index (χ0v) is 12.9. The van der Waals surface area contributed by atoms with Crippen molar-refractivity contribution in [2.45, 2.75) is 68.2 Å². The van der Waals surface area contributed by atoms with E-state index in [1.54, 1.807) is 0 Å². The third-order valence-corrected chi connectivity index (χ3v) is 0.667. The predicted octanol–water partition coefficient (Wildman–Crippen LogP) is 6.57. The first kappa shape index (κ1) is 24.4. The molecule has 0 radical (unpaired) electrons. The molecule has 0 aliphatic heterocycles. The summed E-state index contributed by atoms with van der Waals surface area (Å²) in [7, 11) is 0. The van der Waals surface area contributed by atoms with Gasteiger partial charge in [-0.3, -0.25) is 0 Å². The van der Waals surface area contributed by atoms with Gasteiger partial charge in [0, 0.05) is 0 Å². The van der Waals surface area contributed by atoms with Crippen molar-refractivity contribution in [3.63, 3.8) is 0 Å². The molecule has 0 saturated heterocycles. The van der Waals surface area contributed by atoms with Crippen molar-refractivity contribution in [3.05, 3.63) is 36.4 Å². The summed E-state index contributed by atoms with van der Waals surface area (Å²) in [6, 6.07) is 12.0. The highest BCUT2D eigenvalue weighted by Gasteiger charge is 1.57. The van der Waals surface area contributed by atoms with Crippen LogP contribution in [0.15, 0.2) is 36.4 Å². The molecule has 1 rings (SSSR count). The Morgan fingerprint density at radius 3 is 0.562 bits per heavy atom. The van der Waals surface area contributed by atoms with E-state index in [9.17, 15) is 0 Å². The first-order valence-electron chi connectivity index (χ1n) is 6.83. The van der Waals surface area contributed by atoms with E-state index < -0.39 is 0 Å². The summed E-state index contributed by atoms with van der Waals surface area (Å²) in [6.45, 7) is 16.5. The van der Waals surface area contributed by atoms with Crippen LogP contribution >= 0.6 is 0 Å². The standard InChI is InChI=1S/C6H6.2C3H8.2C2H6/c1-2-4-6-5-3-1;2*1-3-2;2*1-2/h1-6H;2*3H2,1-2H3;2*1-2H3. The van der Waals surface area contributed by atoms with Crippen LogP contribution < -0.4 is 0 Å². The summed E-state index contributed by atoms with van der Waals surface area (Å²) in [6.07, 6.45) is 2.50. The van der Waals surface area contributed by atoms with Gasteiger partial charge < -0.3 is 0 Å². The lowest BCUT2D eigenvalue weighted by Crippen LogP contribution is -1.47. The van der Waals surface area contributed by atoms with E-state index in [0.29, 0.717) is 0 Å². The minimum absolute atomic E-state index is 1.25. The van der Waals surface area contributed by atoms with Gasteiger partial charge in [0.15, 0.2) is 0 Å². The average molecular weight is 226 g/mol. The van der Waals surface area contributed by atoms with Gasteiger partial charge in [0.05, 0.1) is 0 Å². The van der Waals surface area contributed by atoms with Gasteiger partial charge in [0.1, 0.15) is 0 Å². The van der Waals surface area contributed by atoms with Crippen molar-refractivity contribution >= 4 is 0 Å². The van der Waals surface area contributed by atoms with Crippen LogP contribution in [0.2, 0.25) is 0 Å². The lowest BCUT2D eigenvalue weighted by molar-refractivity contribution is 1.09. The second-order valence-corrected chi connectivity index (χ2v) is 2.57. The highest BCUT2D eigenvalue weighted by molar-refractivity contribution is 4.99. The van der Waals surface area contributed by atoms with Crippen molar-refractivity contribution in [2.24, 2.45) is 0 Å². The van der Waals surface area contributed by atoms with E-state index in [2.05, 4.69) is 27.7 Å². The van der Waals surface area contributed by atoms with Gasteiger partial charge in [-0.05, 0) is 0 Å². The zero-order valence-electron chi connectivity index (χ0n) is 12.9. The number of benzene rings is 1. The van der Waals surface area contributed by atoms with Crippen molar-refractivity contribution in [1.29, 1.82) is 0 Å². The monoisotopic (exact) mass is 226 g/mol. The minimum atomic E-state index is 1.25. The molecular formula is C16H34. The Balaban J connectivity index is -0.0000000630. The van der Waals surface area contributed by atoms with E-state index in [1.165, 1.54) is 12.8 Å². The van der Waals surface area contributed by atoms with Crippen LogP contribution in [0.4, 0.5) is 0 Å². The highest BCUT2D eigenvalue weighted by atomic mass is 13.6. The molecule has 98 valence electrons. The number of rotatable bonds is 0. The van der Waals surface area contributed by atoms with Crippen LogP contribution in [0.5, 0.6) is 0 Å². The largest absolute Gasteiger partial charge is 0.0683 e. The van der Waals surface area contributed by atoms with Gasteiger partial charge in [-0.15, -0.1) is 0 Å². The van der Waals surface area contributed by atoms with Crippen LogP contribution in [-0.4, -0.2) is 0 Å². The van der Waals surface area contributed by atoms with Crippen molar-refractivity contribution in [2.75, 3.05) is 0 Å². The molecule has 0 fully saturated rings. The summed E-state index contributed by atoms with van der Waals surface area (Å²) in [4.78, 5) is 0. The zero-order chi connectivity index (χ0) is 13.7. The third-order valence-electron chi connectivity index (χ3n) is 0.667. The van der Waals surface area contributed by atoms with Crippen LogP contribution in [0, 0.1) is 0 Å². The topological polar surface area (TPSA) is 0 Å². The molecule has 16 heavy (non-hydrogen) atoms. The third kappa shape index (κ3) is 72.4. The maximum Gasteiger partial charge on any atom is -0.0590 e. The van der Waals surface area contributed by atoms with E-state index in [1.807, 2.05) is 64.1 Å². The van der Waals surface area contributed by atoms with Gasteiger partial charge in [-0.25, -0.2) is 0 Å². The van der Waals surface area contributed by atoms with Crippen molar-refractivity contribution < 1.29 is 0 Å². The molecule has 0 saturated carbocycles. The van der Waals surface area contributed by atoms with Gasteiger partial charge >= 0.3 is 0 Å². The molecule has 0 atom stereocenters.